The average molecular weight is 340 g/mol. The summed E-state index contributed by atoms with van der Waals surface area (Å²) in [4.78, 5) is 15.1. The molecular weight excluding hydrogens is 314 g/mol. The zero-order valence-corrected chi connectivity index (χ0v) is 14.6. The van der Waals surface area contributed by atoms with Crippen molar-refractivity contribution in [1.29, 1.82) is 0 Å². The number of carbonyl (C=O) groups excluding carboxylic acids is 1. The van der Waals surface area contributed by atoms with Gasteiger partial charge in [0, 0.05) is 38.5 Å². The molecule has 0 unspecified atom stereocenters. The smallest absolute Gasteiger partial charge is 0.268 e. The molecule has 23 heavy (non-hydrogen) atoms. The van der Waals surface area contributed by atoms with Crippen LogP contribution in [0.25, 0.3) is 0 Å². The van der Waals surface area contributed by atoms with E-state index in [1.807, 2.05) is 7.05 Å². The van der Waals surface area contributed by atoms with Gasteiger partial charge in [-0.05, 0) is 44.8 Å². The Bertz CT molecular complexity index is 546. The molecule has 6 heteroatoms. The maximum atomic E-state index is 12.5. The first-order valence-corrected chi connectivity index (χ1v) is 8.91. The fourth-order valence-electron chi connectivity index (χ4n) is 3.81. The van der Waals surface area contributed by atoms with Gasteiger partial charge in [0.15, 0.2) is 0 Å². The van der Waals surface area contributed by atoms with Crippen molar-refractivity contribution in [2.45, 2.75) is 37.6 Å². The highest BCUT2D eigenvalue weighted by molar-refractivity contribution is 6.31. The summed E-state index contributed by atoms with van der Waals surface area (Å²) in [5.74, 6) is -0.0534. The van der Waals surface area contributed by atoms with Gasteiger partial charge in [-0.1, -0.05) is 18.0 Å². The molecule has 1 aromatic heterocycles. The molecule has 0 radical (unpaired) electrons. The molecule has 0 aromatic carbocycles. The number of hydrogen-bond acceptors (Lipinski definition) is 3. The summed E-state index contributed by atoms with van der Waals surface area (Å²) in [5, 5.41) is 3.74. The van der Waals surface area contributed by atoms with Crippen molar-refractivity contribution in [2.24, 2.45) is 7.05 Å². The van der Waals surface area contributed by atoms with Gasteiger partial charge in [-0.25, -0.2) is 0 Å². The van der Waals surface area contributed by atoms with Crippen LogP contribution in [-0.4, -0.2) is 53.8 Å². The molecule has 2 aliphatic heterocycles. The van der Waals surface area contributed by atoms with E-state index in [1.54, 1.807) is 16.8 Å². The summed E-state index contributed by atoms with van der Waals surface area (Å²) in [6.45, 7) is 4.50. The number of aryl methyl sites for hydroxylation is 1. The van der Waals surface area contributed by atoms with Crippen LogP contribution in [0.15, 0.2) is 12.3 Å². The molecule has 2 aliphatic rings. The van der Waals surface area contributed by atoms with Crippen molar-refractivity contribution in [3.63, 3.8) is 0 Å². The quantitative estimate of drug-likeness (QED) is 0.916. The van der Waals surface area contributed by atoms with Gasteiger partial charge in [-0.3, -0.25) is 9.69 Å². The number of piperidine rings is 1. The van der Waals surface area contributed by atoms with E-state index in [-0.39, 0.29) is 11.4 Å². The first-order chi connectivity index (χ1) is 11.1. The van der Waals surface area contributed by atoms with Crippen LogP contribution in [0.3, 0.4) is 0 Å². The lowest BCUT2D eigenvalue weighted by Gasteiger charge is -2.48. The molecule has 1 amide bonds. The Balaban J connectivity index is 1.68. The first kappa shape index (κ1) is 16.8. The second-order valence-corrected chi connectivity index (χ2v) is 7.16. The standard InChI is InChI=1S/C17H26ClN3O2/c1-20-12-14(18)11-15(20)16(22)19-13-17(5-9-23-10-6-17)21-7-3-2-4-8-21/h11-12H,2-10,13H2,1H3,(H,19,22). The van der Waals surface area contributed by atoms with Gasteiger partial charge < -0.3 is 14.6 Å². The normalized spacial score (nSPS) is 22.0. The van der Waals surface area contributed by atoms with Crippen LogP contribution >= 0.6 is 11.6 Å². The van der Waals surface area contributed by atoms with E-state index in [1.165, 1.54) is 19.3 Å². The third kappa shape index (κ3) is 3.73. The Morgan fingerprint density at radius 3 is 2.61 bits per heavy atom. The topological polar surface area (TPSA) is 46.5 Å². The van der Waals surface area contributed by atoms with Gasteiger partial charge >= 0.3 is 0 Å². The maximum Gasteiger partial charge on any atom is 0.268 e. The Labute approximate surface area is 142 Å². The van der Waals surface area contributed by atoms with Crippen molar-refractivity contribution in [2.75, 3.05) is 32.8 Å². The number of nitrogens with one attached hydrogen (secondary N) is 1. The molecule has 0 aliphatic carbocycles. The number of aromatic nitrogens is 1. The number of amides is 1. The summed E-state index contributed by atoms with van der Waals surface area (Å²) in [7, 11) is 1.84. The lowest BCUT2D eigenvalue weighted by atomic mass is 9.86. The number of rotatable bonds is 4. The molecule has 1 N–H and O–H groups in total. The number of carbonyl (C=O) groups is 1. The summed E-state index contributed by atoms with van der Waals surface area (Å²) in [5.41, 5.74) is 0.652. The van der Waals surface area contributed by atoms with Gasteiger partial charge in [0.1, 0.15) is 5.69 Å². The summed E-state index contributed by atoms with van der Waals surface area (Å²) in [6.07, 6.45) is 7.55. The van der Waals surface area contributed by atoms with E-state index >= 15 is 0 Å². The molecule has 1 aromatic rings. The number of hydrogen-bond donors (Lipinski definition) is 1. The van der Waals surface area contributed by atoms with Crippen LogP contribution in [-0.2, 0) is 11.8 Å². The molecule has 3 heterocycles. The van der Waals surface area contributed by atoms with E-state index in [0.717, 1.165) is 39.1 Å². The van der Waals surface area contributed by atoms with Crippen molar-refractivity contribution < 1.29 is 9.53 Å². The molecule has 0 bridgehead atoms. The second kappa shape index (κ2) is 7.24. The van der Waals surface area contributed by atoms with Gasteiger partial charge in [0.2, 0.25) is 0 Å². The van der Waals surface area contributed by atoms with E-state index in [2.05, 4.69) is 10.2 Å². The molecule has 0 spiro atoms. The first-order valence-electron chi connectivity index (χ1n) is 8.54. The Hall–Kier alpha value is -1.04. The Kier molecular flexibility index (Phi) is 5.29. The lowest BCUT2D eigenvalue weighted by Crippen LogP contribution is -2.59. The number of ether oxygens (including phenoxy) is 1. The minimum Gasteiger partial charge on any atom is -0.381 e. The summed E-state index contributed by atoms with van der Waals surface area (Å²) in [6, 6.07) is 1.72. The van der Waals surface area contributed by atoms with E-state index in [9.17, 15) is 4.79 Å². The third-order valence-electron chi connectivity index (χ3n) is 5.23. The van der Waals surface area contributed by atoms with Crippen molar-refractivity contribution in [1.82, 2.24) is 14.8 Å². The SMILES string of the molecule is Cn1cc(Cl)cc1C(=O)NCC1(N2CCCCC2)CCOCC1. The van der Waals surface area contributed by atoms with Crippen LogP contribution in [0.4, 0.5) is 0 Å². The number of nitrogens with zero attached hydrogens (tertiary/aromatic N) is 2. The predicted octanol–water partition coefficient (Wildman–Crippen LogP) is 2.44. The minimum absolute atomic E-state index is 0.0449. The minimum atomic E-state index is -0.0534. The second-order valence-electron chi connectivity index (χ2n) is 6.72. The average Bonchev–Trinajstić information content (AvgIpc) is 2.93. The molecule has 5 nitrogen and oxygen atoms in total. The van der Waals surface area contributed by atoms with Crippen molar-refractivity contribution in [3.05, 3.63) is 23.0 Å². The van der Waals surface area contributed by atoms with E-state index in [0.29, 0.717) is 17.3 Å². The van der Waals surface area contributed by atoms with Crippen LogP contribution in [0.1, 0.15) is 42.6 Å². The van der Waals surface area contributed by atoms with Gasteiger partial charge in [-0.15, -0.1) is 0 Å². The Morgan fingerprint density at radius 2 is 2.00 bits per heavy atom. The van der Waals surface area contributed by atoms with Crippen molar-refractivity contribution in [3.8, 4) is 0 Å². The molecule has 0 saturated carbocycles. The highest BCUT2D eigenvalue weighted by Gasteiger charge is 2.39. The zero-order chi connectivity index (χ0) is 16.3. The highest BCUT2D eigenvalue weighted by Crippen LogP contribution is 2.30. The number of halogens is 1. The summed E-state index contributed by atoms with van der Waals surface area (Å²) < 4.78 is 7.34. The van der Waals surface area contributed by atoms with Crippen LogP contribution in [0.2, 0.25) is 5.02 Å². The van der Waals surface area contributed by atoms with Gasteiger partial charge in [-0.2, -0.15) is 0 Å². The predicted molar refractivity (Wildman–Crippen MR) is 91.0 cm³/mol. The van der Waals surface area contributed by atoms with Crippen LogP contribution in [0.5, 0.6) is 0 Å². The number of likely N-dealkylation sites (tertiary alicyclic amines) is 1. The molecular formula is C17H26ClN3O2. The molecule has 2 fully saturated rings. The maximum absolute atomic E-state index is 12.5. The Morgan fingerprint density at radius 1 is 1.30 bits per heavy atom. The largest absolute Gasteiger partial charge is 0.381 e. The fraction of sp³-hybridized carbons (Fsp3) is 0.706. The van der Waals surface area contributed by atoms with Gasteiger partial charge in [0.05, 0.1) is 5.02 Å². The molecule has 3 rings (SSSR count). The monoisotopic (exact) mass is 339 g/mol. The van der Waals surface area contributed by atoms with Crippen LogP contribution in [0, 0.1) is 0 Å². The van der Waals surface area contributed by atoms with Crippen molar-refractivity contribution >= 4 is 17.5 Å². The summed E-state index contributed by atoms with van der Waals surface area (Å²) >= 11 is 5.98. The molecule has 0 atom stereocenters. The van der Waals surface area contributed by atoms with Gasteiger partial charge in [0.25, 0.3) is 5.91 Å². The lowest BCUT2D eigenvalue weighted by molar-refractivity contribution is -0.0349. The highest BCUT2D eigenvalue weighted by atomic mass is 35.5. The van der Waals surface area contributed by atoms with E-state index in [4.69, 9.17) is 16.3 Å². The zero-order valence-electron chi connectivity index (χ0n) is 13.8. The fourth-order valence-corrected chi connectivity index (χ4v) is 4.06. The molecule has 128 valence electrons. The van der Waals surface area contributed by atoms with E-state index < -0.39 is 0 Å². The van der Waals surface area contributed by atoms with Crippen LogP contribution < -0.4 is 5.32 Å². The third-order valence-corrected chi connectivity index (χ3v) is 5.44. The molecule has 2 saturated heterocycles.